The highest BCUT2D eigenvalue weighted by atomic mass is 79.9. The van der Waals surface area contributed by atoms with E-state index in [-0.39, 0.29) is 10.7 Å². The lowest BCUT2D eigenvalue weighted by molar-refractivity contribution is -0.120. The van der Waals surface area contributed by atoms with Crippen molar-refractivity contribution in [3.8, 4) is 0 Å². The predicted octanol–water partition coefficient (Wildman–Crippen LogP) is 2.63. The molecule has 0 spiro atoms. The van der Waals surface area contributed by atoms with Gasteiger partial charge in [0.1, 0.15) is 0 Å². The molecular weight excluding hydrogens is 270 g/mol. The molecule has 1 unspecified atom stereocenters. The first-order valence-corrected chi connectivity index (χ1v) is 7.19. The molecule has 1 fully saturated rings. The number of amides is 1. The molecule has 0 aliphatic heterocycles. The van der Waals surface area contributed by atoms with E-state index in [1.807, 2.05) is 6.92 Å². The second-order valence-corrected chi connectivity index (χ2v) is 5.40. The maximum atomic E-state index is 11.4. The minimum atomic E-state index is -0.0674. The molecule has 94 valence electrons. The molecule has 1 amide bonds. The summed E-state index contributed by atoms with van der Waals surface area (Å²) < 4.78 is 5.72. The summed E-state index contributed by atoms with van der Waals surface area (Å²) in [7, 11) is 0. The van der Waals surface area contributed by atoms with Gasteiger partial charge in [-0.3, -0.25) is 4.79 Å². The molecule has 0 aromatic carbocycles. The molecule has 1 rings (SSSR count). The third kappa shape index (κ3) is 5.30. The van der Waals surface area contributed by atoms with Gasteiger partial charge in [0.2, 0.25) is 5.91 Å². The van der Waals surface area contributed by atoms with E-state index in [4.69, 9.17) is 4.74 Å². The molecule has 1 saturated carbocycles. The Morgan fingerprint density at radius 2 is 2.12 bits per heavy atom. The van der Waals surface area contributed by atoms with Gasteiger partial charge in [-0.25, -0.2) is 0 Å². The van der Waals surface area contributed by atoms with E-state index >= 15 is 0 Å². The summed E-state index contributed by atoms with van der Waals surface area (Å²) >= 11 is 3.32. The summed E-state index contributed by atoms with van der Waals surface area (Å²) in [5, 5.41) is 2.86. The molecule has 0 heterocycles. The number of halogens is 1. The van der Waals surface area contributed by atoms with E-state index in [9.17, 15) is 4.79 Å². The topological polar surface area (TPSA) is 38.3 Å². The molecule has 1 N–H and O–H groups in total. The number of carbonyl (C=O) groups is 1. The Bertz CT molecular complexity index is 205. The van der Waals surface area contributed by atoms with Crippen LogP contribution in [0, 0.1) is 0 Å². The number of alkyl halides is 1. The monoisotopic (exact) mass is 291 g/mol. The van der Waals surface area contributed by atoms with Gasteiger partial charge in [0.05, 0.1) is 17.5 Å². The van der Waals surface area contributed by atoms with Crippen molar-refractivity contribution < 1.29 is 9.53 Å². The summed E-state index contributed by atoms with van der Waals surface area (Å²) in [5.74, 6) is 0.0646. The van der Waals surface area contributed by atoms with E-state index < -0.39 is 0 Å². The molecule has 4 heteroatoms. The molecule has 16 heavy (non-hydrogen) atoms. The summed E-state index contributed by atoms with van der Waals surface area (Å²) in [6.07, 6.45) is 7.53. The Hall–Kier alpha value is -0.0900. The van der Waals surface area contributed by atoms with Crippen molar-refractivity contribution in [2.24, 2.45) is 0 Å². The first-order valence-electron chi connectivity index (χ1n) is 6.27. The Morgan fingerprint density at radius 1 is 1.44 bits per heavy atom. The van der Waals surface area contributed by atoms with Gasteiger partial charge in [0.15, 0.2) is 0 Å². The first kappa shape index (κ1) is 14.0. The van der Waals surface area contributed by atoms with Crippen molar-refractivity contribution in [2.75, 3.05) is 13.2 Å². The van der Waals surface area contributed by atoms with Crippen LogP contribution in [0.3, 0.4) is 0 Å². The van der Waals surface area contributed by atoms with Crippen LogP contribution in [0.5, 0.6) is 0 Å². The Labute approximate surface area is 106 Å². The van der Waals surface area contributed by atoms with E-state index in [2.05, 4.69) is 21.2 Å². The fourth-order valence-electron chi connectivity index (χ4n) is 1.93. The van der Waals surface area contributed by atoms with Gasteiger partial charge in [-0.2, -0.15) is 0 Å². The van der Waals surface area contributed by atoms with Crippen molar-refractivity contribution in [2.45, 2.75) is 56.4 Å². The Morgan fingerprint density at radius 3 is 2.75 bits per heavy atom. The van der Waals surface area contributed by atoms with E-state index in [0.29, 0.717) is 19.3 Å². The van der Waals surface area contributed by atoms with Crippen LogP contribution in [0.15, 0.2) is 0 Å². The van der Waals surface area contributed by atoms with Crippen molar-refractivity contribution in [3.05, 3.63) is 0 Å². The quantitative estimate of drug-likeness (QED) is 0.603. The Kier molecular flexibility index (Phi) is 7.05. The van der Waals surface area contributed by atoms with E-state index in [1.165, 1.54) is 32.1 Å². The van der Waals surface area contributed by atoms with E-state index in [0.717, 1.165) is 6.42 Å². The zero-order valence-electron chi connectivity index (χ0n) is 10.0. The van der Waals surface area contributed by atoms with Gasteiger partial charge < -0.3 is 10.1 Å². The third-order valence-corrected chi connectivity index (χ3v) is 4.01. The number of carbonyl (C=O) groups excluding carboxylic acids is 1. The van der Waals surface area contributed by atoms with Crippen LogP contribution in [-0.4, -0.2) is 30.0 Å². The predicted molar refractivity (Wildman–Crippen MR) is 68.8 cm³/mol. The Balaban J connectivity index is 2.00. The summed E-state index contributed by atoms with van der Waals surface area (Å²) in [4.78, 5) is 11.3. The minimum Gasteiger partial charge on any atom is -0.376 e. The van der Waals surface area contributed by atoms with Crippen molar-refractivity contribution in [1.29, 1.82) is 0 Å². The molecule has 0 bridgehead atoms. The van der Waals surface area contributed by atoms with Crippen LogP contribution >= 0.6 is 15.9 Å². The van der Waals surface area contributed by atoms with Crippen molar-refractivity contribution in [3.63, 3.8) is 0 Å². The van der Waals surface area contributed by atoms with Gasteiger partial charge in [0.25, 0.3) is 0 Å². The average Bonchev–Trinajstić information content (AvgIpc) is 2.34. The lowest BCUT2D eigenvalue weighted by Gasteiger charge is -2.22. The second kappa shape index (κ2) is 8.07. The maximum absolute atomic E-state index is 11.4. The molecule has 0 saturated heterocycles. The highest BCUT2D eigenvalue weighted by Gasteiger charge is 2.14. The maximum Gasteiger partial charge on any atom is 0.233 e. The molecule has 3 nitrogen and oxygen atoms in total. The number of hydrogen-bond acceptors (Lipinski definition) is 2. The molecule has 0 aromatic heterocycles. The smallest absolute Gasteiger partial charge is 0.233 e. The van der Waals surface area contributed by atoms with Gasteiger partial charge in [-0.15, -0.1) is 0 Å². The largest absolute Gasteiger partial charge is 0.376 e. The molecule has 0 radical (unpaired) electrons. The number of hydrogen-bond donors (Lipinski definition) is 1. The van der Waals surface area contributed by atoms with Crippen LogP contribution in [0.25, 0.3) is 0 Å². The SMILES string of the molecule is CCC(Br)C(=O)NCCOC1CCCCC1. The third-order valence-electron chi connectivity index (χ3n) is 2.95. The standard InChI is InChI=1S/C12H22BrNO2/c1-2-11(13)12(15)14-8-9-16-10-6-4-3-5-7-10/h10-11H,2-9H2,1H3,(H,14,15). The van der Waals surface area contributed by atoms with Crippen molar-refractivity contribution >= 4 is 21.8 Å². The average molecular weight is 292 g/mol. The van der Waals surface area contributed by atoms with Gasteiger partial charge in [-0.05, 0) is 19.3 Å². The van der Waals surface area contributed by atoms with Gasteiger partial charge in [0, 0.05) is 6.54 Å². The summed E-state index contributed by atoms with van der Waals surface area (Å²) in [5.41, 5.74) is 0. The van der Waals surface area contributed by atoms with Crippen LogP contribution in [-0.2, 0) is 9.53 Å². The normalized spacial score (nSPS) is 19.4. The highest BCUT2D eigenvalue weighted by Crippen LogP contribution is 2.19. The van der Waals surface area contributed by atoms with Crippen LogP contribution in [0.1, 0.15) is 45.4 Å². The molecule has 0 aromatic rings. The molecular formula is C12H22BrNO2. The number of nitrogens with one attached hydrogen (secondary N) is 1. The number of ether oxygens (including phenoxy) is 1. The lowest BCUT2D eigenvalue weighted by atomic mass is 9.98. The first-order chi connectivity index (χ1) is 7.74. The van der Waals surface area contributed by atoms with Gasteiger partial charge >= 0.3 is 0 Å². The van der Waals surface area contributed by atoms with Crippen LogP contribution in [0.4, 0.5) is 0 Å². The number of rotatable bonds is 6. The molecule has 1 atom stereocenters. The summed E-state index contributed by atoms with van der Waals surface area (Å²) in [6.45, 7) is 3.24. The van der Waals surface area contributed by atoms with Crippen LogP contribution in [0.2, 0.25) is 0 Å². The lowest BCUT2D eigenvalue weighted by Crippen LogP contribution is -2.34. The highest BCUT2D eigenvalue weighted by molar-refractivity contribution is 9.10. The minimum absolute atomic E-state index is 0.0646. The summed E-state index contributed by atoms with van der Waals surface area (Å²) in [6, 6.07) is 0. The zero-order valence-corrected chi connectivity index (χ0v) is 11.6. The van der Waals surface area contributed by atoms with Gasteiger partial charge in [-0.1, -0.05) is 42.1 Å². The fourth-order valence-corrected chi connectivity index (χ4v) is 2.09. The fraction of sp³-hybridized carbons (Fsp3) is 0.917. The molecule has 1 aliphatic rings. The molecule has 1 aliphatic carbocycles. The zero-order chi connectivity index (χ0) is 11.8. The van der Waals surface area contributed by atoms with Crippen LogP contribution < -0.4 is 5.32 Å². The van der Waals surface area contributed by atoms with Crippen molar-refractivity contribution in [1.82, 2.24) is 5.32 Å². The van der Waals surface area contributed by atoms with E-state index in [1.54, 1.807) is 0 Å². The second-order valence-electron chi connectivity index (χ2n) is 4.30.